The van der Waals surface area contributed by atoms with E-state index in [2.05, 4.69) is 17.0 Å². The Balaban J connectivity index is 1.99. The van der Waals surface area contributed by atoms with E-state index < -0.39 is 10.0 Å². The van der Waals surface area contributed by atoms with Crippen LogP contribution in [0.2, 0.25) is 0 Å². The molecule has 5 heteroatoms. The van der Waals surface area contributed by atoms with Gasteiger partial charge in [-0.15, -0.1) is 0 Å². The van der Waals surface area contributed by atoms with E-state index in [1.54, 1.807) is 6.07 Å². The molecule has 1 aromatic rings. The first-order valence-corrected chi connectivity index (χ1v) is 8.66. The van der Waals surface area contributed by atoms with Crippen LogP contribution in [0.3, 0.4) is 0 Å². The Morgan fingerprint density at radius 1 is 1.11 bits per heavy atom. The third-order valence-corrected chi connectivity index (χ3v) is 4.16. The summed E-state index contributed by atoms with van der Waals surface area (Å²) < 4.78 is 24.9. The van der Waals surface area contributed by atoms with Crippen LogP contribution in [0.25, 0.3) is 0 Å². The maximum Gasteiger partial charge on any atom is 0.229 e. The molecule has 0 heterocycles. The summed E-state index contributed by atoms with van der Waals surface area (Å²) in [6.45, 7) is 2.30. The molecule has 0 radical (unpaired) electrons. The lowest BCUT2D eigenvalue weighted by molar-refractivity contribution is 0.361. The highest BCUT2D eigenvalue weighted by atomic mass is 32.2. The van der Waals surface area contributed by atoms with Crippen molar-refractivity contribution in [1.29, 1.82) is 0 Å². The van der Waals surface area contributed by atoms with Crippen molar-refractivity contribution in [3.8, 4) is 0 Å². The second kappa shape index (κ2) is 5.82. The quantitative estimate of drug-likeness (QED) is 0.892. The van der Waals surface area contributed by atoms with Crippen molar-refractivity contribution >= 4 is 21.4 Å². The Bertz CT molecular complexity index is 520. The average molecular weight is 282 g/mol. The zero-order chi connectivity index (χ0) is 13.9. The number of rotatable bonds is 4. The summed E-state index contributed by atoms with van der Waals surface area (Å²) in [7, 11) is -3.21. The fourth-order valence-electron chi connectivity index (χ4n) is 2.53. The van der Waals surface area contributed by atoms with Gasteiger partial charge in [0.05, 0.1) is 11.9 Å². The van der Waals surface area contributed by atoms with Gasteiger partial charge in [-0.1, -0.05) is 13.0 Å². The van der Waals surface area contributed by atoms with E-state index in [0.29, 0.717) is 11.7 Å². The van der Waals surface area contributed by atoms with Gasteiger partial charge in [-0.05, 0) is 49.8 Å². The minimum atomic E-state index is -3.21. The number of hydrogen-bond acceptors (Lipinski definition) is 3. The van der Waals surface area contributed by atoms with Crippen molar-refractivity contribution in [3.05, 3.63) is 24.3 Å². The zero-order valence-electron chi connectivity index (χ0n) is 11.5. The summed E-state index contributed by atoms with van der Waals surface area (Å²) in [4.78, 5) is 0. The van der Waals surface area contributed by atoms with Crippen LogP contribution in [0.1, 0.15) is 32.6 Å². The number of nitrogens with one attached hydrogen (secondary N) is 2. The highest BCUT2D eigenvalue weighted by Crippen LogP contribution is 2.26. The molecule has 0 aliphatic heterocycles. The van der Waals surface area contributed by atoms with E-state index in [9.17, 15) is 8.42 Å². The summed E-state index contributed by atoms with van der Waals surface area (Å²) in [5, 5.41) is 3.49. The number of hydrogen-bond donors (Lipinski definition) is 2. The highest BCUT2D eigenvalue weighted by Gasteiger charge is 2.17. The van der Waals surface area contributed by atoms with Crippen molar-refractivity contribution in [2.24, 2.45) is 5.92 Å². The van der Waals surface area contributed by atoms with Crippen LogP contribution in [0.4, 0.5) is 11.4 Å². The van der Waals surface area contributed by atoms with Gasteiger partial charge >= 0.3 is 0 Å². The first-order chi connectivity index (χ1) is 8.92. The van der Waals surface area contributed by atoms with E-state index in [4.69, 9.17) is 0 Å². The molecule has 1 saturated carbocycles. The van der Waals surface area contributed by atoms with E-state index in [1.165, 1.54) is 25.7 Å². The van der Waals surface area contributed by atoms with Gasteiger partial charge in [-0.25, -0.2) is 8.42 Å². The average Bonchev–Trinajstić information content (AvgIpc) is 2.30. The molecule has 0 bridgehead atoms. The summed E-state index contributed by atoms with van der Waals surface area (Å²) in [6.07, 6.45) is 6.06. The molecule has 1 fully saturated rings. The van der Waals surface area contributed by atoms with Crippen molar-refractivity contribution in [3.63, 3.8) is 0 Å². The van der Waals surface area contributed by atoms with Crippen LogP contribution < -0.4 is 10.0 Å². The fraction of sp³-hybridized carbons (Fsp3) is 0.571. The van der Waals surface area contributed by atoms with Gasteiger partial charge in [0.2, 0.25) is 10.0 Å². The standard InChI is InChI=1S/C14H22N2O2S/c1-11-6-8-12(9-7-11)15-13-4-3-5-14(10-13)16-19(2,17)18/h3-5,10-12,15-16H,6-9H2,1-2H3. The molecule has 0 atom stereocenters. The summed E-state index contributed by atoms with van der Waals surface area (Å²) in [6, 6.07) is 7.95. The lowest BCUT2D eigenvalue weighted by Gasteiger charge is -2.27. The van der Waals surface area contributed by atoms with Crippen LogP contribution in [-0.2, 0) is 10.0 Å². The highest BCUT2D eigenvalue weighted by molar-refractivity contribution is 7.92. The molecular weight excluding hydrogens is 260 g/mol. The molecule has 2 N–H and O–H groups in total. The van der Waals surface area contributed by atoms with Gasteiger partial charge < -0.3 is 5.32 Å². The molecule has 0 aromatic heterocycles. The number of anilines is 2. The van der Waals surface area contributed by atoms with Gasteiger partial charge in [0.15, 0.2) is 0 Å². The van der Waals surface area contributed by atoms with E-state index in [-0.39, 0.29) is 0 Å². The van der Waals surface area contributed by atoms with Crippen LogP contribution in [0.5, 0.6) is 0 Å². The third-order valence-electron chi connectivity index (χ3n) is 3.55. The van der Waals surface area contributed by atoms with Crippen LogP contribution in [0.15, 0.2) is 24.3 Å². The predicted molar refractivity (Wildman–Crippen MR) is 80.0 cm³/mol. The Kier molecular flexibility index (Phi) is 4.34. The van der Waals surface area contributed by atoms with Gasteiger partial charge in [0, 0.05) is 11.7 Å². The third kappa shape index (κ3) is 4.74. The van der Waals surface area contributed by atoms with Crippen LogP contribution >= 0.6 is 0 Å². The minimum Gasteiger partial charge on any atom is -0.382 e. The molecule has 19 heavy (non-hydrogen) atoms. The Hall–Kier alpha value is -1.23. The molecule has 0 saturated heterocycles. The topological polar surface area (TPSA) is 58.2 Å². The normalized spacial score (nSPS) is 23.9. The number of benzene rings is 1. The maximum atomic E-state index is 11.2. The van der Waals surface area contributed by atoms with Crippen LogP contribution in [-0.4, -0.2) is 20.7 Å². The molecular formula is C14H22N2O2S. The van der Waals surface area contributed by atoms with Crippen molar-refractivity contribution < 1.29 is 8.42 Å². The first-order valence-electron chi connectivity index (χ1n) is 6.77. The predicted octanol–water partition coefficient (Wildman–Crippen LogP) is 3.05. The fourth-order valence-corrected chi connectivity index (χ4v) is 3.08. The largest absolute Gasteiger partial charge is 0.382 e. The summed E-state index contributed by atoms with van der Waals surface area (Å²) in [5.74, 6) is 0.830. The van der Waals surface area contributed by atoms with Crippen LogP contribution in [0, 0.1) is 5.92 Å². The van der Waals surface area contributed by atoms with E-state index in [0.717, 1.165) is 17.9 Å². The molecule has 0 amide bonds. The lowest BCUT2D eigenvalue weighted by atomic mass is 9.87. The van der Waals surface area contributed by atoms with E-state index >= 15 is 0 Å². The second-order valence-electron chi connectivity index (χ2n) is 5.56. The van der Waals surface area contributed by atoms with Crippen molar-refractivity contribution in [2.45, 2.75) is 38.6 Å². The molecule has 1 aromatic carbocycles. The summed E-state index contributed by atoms with van der Waals surface area (Å²) >= 11 is 0. The van der Waals surface area contributed by atoms with Crippen molar-refractivity contribution in [2.75, 3.05) is 16.3 Å². The smallest absolute Gasteiger partial charge is 0.229 e. The number of sulfonamides is 1. The van der Waals surface area contributed by atoms with Gasteiger partial charge in [-0.2, -0.15) is 0 Å². The monoisotopic (exact) mass is 282 g/mol. The Labute approximate surface area is 115 Å². The molecule has 106 valence electrons. The zero-order valence-corrected chi connectivity index (χ0v) is 12.3. The molecule has 4 nitrogen and oxygen atoms in total. The summed E-state index contributed by atoms with van der Waals surface area (Å²) in [5.41, 5.74) is 1.59. The van der Waals surface area contributed by atoms with Gasteiger partial charge in [0.25, 0.3) is 0 Å². The minimum absolute atomic E-state index is 0.504. The molecule has 2 rings (SSSR count). The van der Waals surface area contributed by atoms with E-state index in [1.807, 2.05) is 18.2 Å². The van der Waals surface area contributed by atoms with Gasteiger partial charge in [-0.3, -0.25) is 4.72 Å². The molecule has 1 aliphatic carbocycles. The maximum absolute atomic E-state index is 11.2. The lowest BCUT2D eigenvalue weighted by Crippen LogP contribution is -2.25. The Morgan fingerprint density at radius 2 is 1.74 bits per heavy atom. The SMILES string of the molecule is CC1CCC(Nc2cccc(NS(C)(=O)=O)c2)CC1. The molecule has 0 spiro atoms. The second-order valence-corrected chi connectivity index (χ2v) is 7.30. The van der Waals surface area contributed by atoms with Crippen molar-refractivity contribution in [1.82, 2.24) is 0 Å². The molecule has 1 aliphatic rings. The molecule has 0 unspecified atom stereocenters. The Morgan fingerprint density at radius 3 is 2.37 bits per heavy atom. The van der Waals surface area contributed by atoms with Gasteiger partial charge in [0.1, 0.15) is 0 Å². The first kappa shape index (κ1) is 14.2.